The van der Waals surface area contributed by atoms with Crippen LogP contribution in [0, 0.1) is 11.7 Å². The van der Waals surface area contributed by atoms with Gasteiger partial charge in [-0.05, 0) is 48.2 Å². The predicted molar refractivity (Wildman–Crippen MR) is 104 cm³/mol. The zero-order valence-corrected chi connectivity index (χ0v) is 16.3. The second kappa shape index (κ2) is 10.3. The van der Waals surface area contributed by atoms with Crippen LogP contribution in [0.3, 0.4) is 0 Å². The van der Waals surface area contributed by atoms with Crippen molar-refractivity contribution in [3.05, 3.63) is 59.4 Å². The van der Waals surface area contributed by atoms with Gasteiger partial charge in [0.25, 0.3) is 5.91 Å². The van der Waals surface area contributed by atoms with Crippen LogP contribution >= 0.6 is 0 Å². The number of hydrogen-bond acceptors (Lipinski definition) is 4. The number of methoxy groups -OCH3 is 1. The van der Waals surface area contributed by atoms with E-state index in [0.717, 1.165) is 6.42 Å². The number of carbonyl (C=O) groups is 2. The summed E-state index contributed by atoms with van der Waals surface area (Å²) in [4.78, 5) is 24.2. The predicted octanol–water partition coefficient (Wildman–Crippen LogP) is 3.26. The molecular formula is C21H25FN2O4. The van der Waals surface area contributed by atoms with E-state index in [1.165, 1.54) is 31.4 Å². The standard InChI is InChI=1S/C21H25FN2O4/c1-14(2)10-11-28-18-9-6-16(13-19(18)27-3)21(26)24-23-20(25)12-15-4-7-17(22)8-5-15/h4-9,13-14H,10-12H2,1-3H3,(H,23,25)(H,24,26). The Morgan fingerprint density at radius 2 is 1.75 bits per heavy atom. The van der Waals surface area contributed by atoms with E-state index in [9.17, 15) is 14.0 Å². The number of amides is 2. The van der Waals surface area contributed by atoms with Gasteiger partial charge in [0.1, 0.15) is 5.82 Å². The normalized spacial score (nSPS) is 10.5. The first-order valence-corrected chi connectivity index (χ1v) is 9.03. The van der Waals surface area contributed by atoms with Crippen molar-refractivity contribution in [2.24, 2.45) is 5.92 Å². The summed E-state index contributed by atoms with van der Waals surface area (Å²) >= 11 is 0. The molecule has 0 radical (unpaired) electrons. The molecule has 0 aliphatic rings. The van der Waals surface area contributed by atoms with Crippen LogP contribution in [0.25, 0.3) is 0 Å². The number of hydrogen-bond donors (Lipinski definition) is 2. The van der Waals surface area contributed by atoms with Crippen molar-refractivity contribution >= 4 is 11.8 Å². The molecule has 28 heavy (non-hydrogen) atoms. The summed E-state index contributed by atoms with van der Waals surface area (Å²) in [6.45, 7) is 4.77. The van der Waals surface area contributed by atoms with Crippen molar-refractivity contribution in [1.29, 1.82) is 0 Å². The van der Waals surface area contributed by atoms with Crippen molar-refractivity contribution < 1.29 is 23.5 Å². The van der Waals surface area contributed by atoms with Crippen LogP contribution < -0.4 is 20.3 Å². The molecule has 0 saturated heterocycles. The van der Waals surface area contributed by atoms with Gasteiger partial charge in [-0.15, -0.1) is 0 Å². The van der Waals surface area contributed by atoms with Crippen LogP contribution in [0.1, 0.15) is 36.2 Å². The van der Waals surface area contributed by atoms with E-state index in [0.29, 0.717) is 35.2 Å². The fourth-order valence-corrected chi connectivity index (χ4v) is 2.36. The Labute approximate surface area is 164 Å². The van der Waals surface area contributed by atoms with Crippen LogP contribution in [0.15, 0.2) is 42.5 Å². The highest BCUT2D eigenvalue weighted by Gasteiger charge is 2.12. The molecule has 0 spiro atoms. The van der Waals surface area contributed by atoms with Gasteiger partial charge in [-0.2, -0.15) is 0 Å². The van der Waals surface area contributed by atoms with Crippen LogP contribution in [0.5, 0.6) is 11.5 Å². The van der Waals surface area contributed by atoms with Crippen molar-refractivity contribution in [2.45, 2.75) is 26.7 Å². The third-order valence-electron chi connectivity index (χ3n) is 3.97. The molecular weight excluding hydrogens is 363 g/mol. The fraction of sp³-hybridized carbons (Fsp3) is 0.333. The molecule has 0 fully saturated rings. The SMILES string of the molecule is COc1cc(C(=O)NNC(=O)Cc2ccc(F)cc2)ccc1OCCC(C)C. The Morgan fingerprint density at radius 1 is 1.04 bits per heavy atom. The van der Waals surface area contributed by atoms with Gasteiger partial charge in [0, 0.05) is 5.56 Å². The molecule has 150 valence electrons. The monoisotopic (exact) mass is 388 g/mol. The molecule has 2 amide bonds. The molecule has 0 aliphatic carbocycles. The molecule has 0 bridgehead atoms. The summed E-state index contributed by atoms with van der Waals surface area (Å²) in [5.74, 6) is 0.242. The lowest BCUT2D eigenvalue weighted by Crippen LogP contribution is -2.42. The maximum Gasteiger partial charge on any atom is 0.269 e. The molecule has 0 aromatic heterocycles. The minimum atomic E-state index is -0.487. The second-order valence-corrected chi connectivity index (χ2v) is 6.70. The van der Waals surface area contributed by atoms with Gasteiger partial charge in [0.15, 0.2) is 11.5 Å². The molecule has 0 atom stereocenters. The first-order chi connectivity index (χ1) is 13.4. The number of rotatable bonds is 8. The van der Waals surface area contributed by atoms with E-state index >= 15 is 0 Å². The summed E-state index contributed by atoms with van der Waals surface area (Å²) < 4.78 is 23.9. The van der Waals surface area contributed by atoms with Gasteiger partial charge < -0.3 is 9.47 Å². The Balaban J connectivity index is 1.90. The average molecular weight is 388 g/mol. The molecule has 2 aromatic carbocycles. The van der Waals surface area contributed by atoms with Crippen molar-refractivity contribution in [3.63, 3.8) is 0 Å². The van der Waals surface area contributed by atoms with Crippen LogP contribution in [0.4, 0.5) is 4.39 Å². The van der Waals surface area contributed by atoms with Crippen LogP contribution in [-0.4, -0.2) is 25.5 Å². The minimum Gasteiger partial charge on any atom is -0.493 e. The Hall–Kier alpha value is -3.09. The van der Waals surface area contributed by atoms with Gasteiger partial charge >= 0.3 is 0 Å². The number of benzene rings is 2. The van der Waals surface area contributed by atoms with E-state index in [-0.39, 0.29) is 12.2 Å². The molecule has 0 heterocycles. The van der Waals surface area contributed by atoms with Gasteiger partial charge in [0.2, 0.25) is 5.91 Å². The molecule has 0 unspecified atom stereocenters. The maximum absolute atomic E-state index is 12.9. The van der Waals surface area contributed by atoms with Crippen LogP contribution in [-0.2, 0) is 11.2 Å². The van der Waals surface area contributed by atoms with E-state index in [1.54, 1.807) is 18.2 Å². The first-order valence-electron chi connectivity index (χ1n) is 9.03. The van der Waals surface area contributed by atoms with E-state index in [2.05, 4.69) is 24.7 Å². The number of ether oxygens (including phenoxy) is 2. The second-order valence-electron chi connectivity index (χ2n) is 6.70. The Morgan fingerprint density at radius 3 is 2.39 bits per heavy atom. The van der Waals surface area contributed by atoms with Crippen molar-refractivity contribution in [2.75, 3.05) is 13.7 Å². The number of halogens is 1. The summed E-state index contributed by atoms with van der Waals surface area (Å²) in [5.41, 5.74) is 5.64. The lowest BCUT2D eigenvalue weighted by Gasteiger charge is -2.13. The lowest BCUT2D eigenvalue weighted by molar-refractivity contribution is -0.121. The van der Waals surface area contributed by atoms with Gasteiger partial charge in [-0.3, -0.25) is 20.4 Å². The van der Waals surface area contributed by atoms with E-state index in [1.807, 2.05) is 0 Å². The molecule has 7 heteroatoms. The summed E-state index contributed by atoms with van der Waals surface area (Å²) in [7, 11) is 1.50. The Bertz CT molecular complexity index is 807. The first kappa shape index (κ1) is 21.2. The third kappa shape index (κ3) is 6.57. The quantitative estimate of drug-likeness (QED) is 0.681. The highest BCUT2D eigenvalue weighted by molar-refractivity contribution is 5.96. The highest BCUT2D eigenvalue weighted by atomic mass is 19.1. The van der Waals surface area contributed by atoms with E-state index in [4.69, 9.17) is 9.47 Å². The molecule has 2 aromatic rings. The average Bonchev–Trinajstić information content (AvgIpc) is 2.67. The summed E-state index contributed by atoms with van der Waals surface area (Å²) in [6, 6.07) is 10.4. The largest absolute Gasteiger partial charge is 0.493 e. The third-order valence-corrected chi connectivity index (χ3v) is 3.97. The molecule has 6 nitrogen and oxygen atoms in total. The van der Waals surface area contributed by atoms with Gasteiger partial charge in [-0.1, -0.05) is 26.0 Å². The smallest absolute Gasteiger partial charge is 0.269 e. The van der Waals surface area contributed by atoms with Crippen LogP contribution in [0.2, 0.25) is 0 Å². The zero-order chi connectivity index (χ0) is 20.5. The summed E-state index contributed by atoms with van der Waals surface area (Å²) in [6.07, 6.45) is 0.929. The molecule has 0 saturated carbocycles. The number of nitrogens with one attached hydrogen (secondary N) is 2. The van der Waals surface area contributed by atoms with E-state index < -0.39 is 11.8 Å². The number of hydrazine groups is 1. The van der Waals surface area contributed by atoms with Crippen molar-refractivity contribution in [3.8, 4) is 11.5 Å². The zero-order valence-electron chi connectivity index (χ0n) is 16.3. The summed E-state index contributed by atoms with van der Waals surface area (Å²) in [5, 5.41) is 0. The van der Waals surface area contributed by atoms with Gasteiger partial charge in [0.05, 0.1) is 20.1 Å². The highest BCUT2D eigenvalue weighted by Crippen LogP contribution is 2.28. The molecule has 2 N–H and O–H groups in total. The lowest BCUT2D eigenvalue weighted by atomic mass is 10.1. The molecule has 0 aliphatic heterocycles. The van der Waals surface area contributed by atoms with Crippen molar-refractivity contribution in [1.82, 2.24) is 10.9 Å². The minimum absolute atomic E-state index is 0.0203. The topological polar surface area (TPSA) is 76.7 Å². The number of carbonyl (C=O) groups excluding carboxylic acids is 2. The maximum atomic E-state index is 12.9. The van der Waals surface area contributed by atoms with Gasteiger partial charge in [-0.25, -0.2) is 4.39 Å². The fourth-order valence-electron chi connectivity index (χ4n) is 2.36. The molecule has 2 rings (SSSR count). The Kier molecular flexibility index (Phi) is 7.80.